The second-order valence-electron chi connectivity index (χ2n) is 5.88. The van der Waals surface area contributed by atoms with Gasteiger partial charge in [0.2, 0.25) is 0 Å². The lowest BCUT2D eigenvalue weighted by molar-refractivity contribution is -0.160. The van der Waals surface area contributed by atoms with Crippen molar-refractivity contribution in [3.05, 3.63) is 58.6 Å². The molecule has 5 nitrogen and oxygen atoms in total. The number of nitrogens with one attached hydrogen (secondary N) is 1. The minimum atomic E-state index is -0.941. The lowest BCUT2D eigenvalue weighted by Crippen LogP contribution is -2.36. The molecule has 0 saturated heterocycles. The maximum absolute atomic E-state index is 12.3. The zero-order chi connectivity index (χ0) is 19.1. The number of aryl methyl sites for hydroxylation is 1. The summed E-state index contributed by atoms with van der Waals surface area (Å²) in [7, 11) is 0. The Hall–Kier alpha value is -2.34. The van der Waals surface area contributed by atoms with Gasteiger partial charge in [0, 0.05) is 4.47 Å². The topological polar surface area (TPSA) is 64.6 Å². The van der Waals surface area contributed by atoms with E-state index in [1.807, 2.05) is 44.2 Å². The molecule has 2 aromatic rings. The summed E-state index contributed by atoms with van der Waals surface area (Å²) < 4.78 is 11.7. The van der Waals surface area contributed by atoms with Crippen LogP contribution in [0.25, 0.3) is 0 Å². The van der Waals surface area contributed by atoms with E-state index in [1.54, 1.807) is 18.2 Å². The van der Waals surface area contributed by atoms with Crippen LogP contribution in [-0.2, 0) is 14.3 Å². The van der Waals surface area contributed by atoms with E-state index in [0.717, 1.165) is 10.0 Å². The highest BCUT2D eigenvalue weighted by molar-refractivity contribution is 9.10. The number of hydrogen-bond acceptors (Lipinski definition) is 4. The van der Waals surface area contributed by atoms with Crippen LogP contribution in [0.4, 0.5) is 5.69 Å². The van der Waals surface area contributed by atoms with Gasteiger partial charge in [-0.1, -0.05) is 31.2 Å². The van der Waals surface area contributed by atoms with Gasteiger partial charge in [-0.25, -0.2) is 4.79 Å². The van der Waals surface area contributed by atoms with Crippen LogP contribution in [0.2, 0.25) is 0 Å². The Morgan fingerprint density at radius 1 is 1.15 bits per heavy atom. The first kappa shape index (κ1) is 20.0. The highest BCUT2D eigenvalue weighted by atomic mass is 79.9. The third-order valence-corrected chi connectivity index (χ3v) is 4.36. The van der Waals surface area contributed by atoms with Crippen molar-refractivity contribution in [1.29, 1.82) is 0 Å². The van der Waals surface area contributed by atoms with Crippen molar-refractivity contribution in [2.24, 2.45) is 0 Å². The van der Waals surface area contributed by atoms with Crippen LogP contribution >= 0.6 is 15.9 Å². The average molecular weight is 420 g/mol. The first-order valence-electron chi connectivity index (χ1n) is 8.40. The molecule has 0 bridgehead atoms. The maximum atomic E-state index is 12.3. The fraction of sp³-hybridized carbons (Fsp3) is 0.300. The summed E-state index contributed by atoms with van der Waals surface area (Å²) in [4.78, 5) is 24.6. The van der Waals surface area contributed by atoms with Crippen LogP contribution in [0.15, 0.2) is 53.0 Å². The molecule has 1 N–H and O–H groups in total. The lowest BCUT2D eigenvalue weighted by atomic mass is 10.2. The minimum Gasteiger partial charge on any atom is -0.479 e. The van der Waals surface area contributed by atoms with Crippen LogP contribution in [0.5, 0.6) is 5.75 Å². The Morgan fingerprint density at radius 2 is 1.85 bits per heavy atom. The average Bonchev–Trinajstić information content (AvgIpc) is 2.62. The number of para-hydroxylation sites is 1. The Balaban J connectivity index is 1.94. The molecule has 0 aliphatic rings. The van der Waals surface area contributed by atoms with Crippen molar-refractivity contribution in [2.45, 2.75) is 39.4 Å². The number of anilines is 1. The molecule has 0 fully saturated rings. The van der Waals surface area contributed by atoms with Crippen LogP contribution in [-0.4, -0.2) is 24.1 Å². The highest BCUT2D eigenvalue weighted by Gasteiger charge is 2.25. The van der Waals surface area contributed by atoms with Gasteiger partial charge >= 0.3 is 5.97 Å². The number of amides is 1. The van der Waals surface area contributed by atoms with Crippen molar-refractivity contribution in [3.63, 3.8) is 0 Å². The van der Waals surface area contributed by atoms with Crippen LogP contribution in [0, 0.1) is 6.92 Å². The summed E-state index contributed by atoms with van der Waals surface area (Å²) >= 11 is 3.40. The summed E-state index contributed by atoms with van der Waals surface area (Å²) in [6.07, 6.45) is -1.27. The first-order valence-corrected chi connectivity index (χ1v) is 9.19. The van der Waals surface area contributed by atoms with Gasteiger partial charge in [-0.2, -0.15) is 0 Å². The van der Waals surface area contributed by atoms with Crippen LogP contribution < -0.4 is 10.1 Å². The van der Waals surface area contributed by atoms with E-state index >= 15 is 0 Å². The highest BCUT2D eigenvalue weighted by Crippen LogP contribution is 2.23. The molecule has 0 aliphatic carbocycles. The van der Waals surface area contributed by atoms with Crippen molar-refractivity contribution in [2.75, 3.05) is 5.32 Å². The number of esters is 1. The Labute approximate surface area is 161 Å². The molecule has 0 radical (unpaired) electrons. The molecule has 0 heterocycles. The van der Waals surface area contributed by atoms with Crippen molar-refractivity contribution >= 4 is 33.5 Å². The fourth-order valence-corrected chi connectivity index (χ4v) is 2.81. The molecular formula is C20H22BrNO4. The van der Waals surface area contributed by atoms with Gasteiger partial charge < -0.3 is 14.8 Å². The van der Waals surface area contributed by atoms with Gasteiger partial charge in [-0.15, -0.1) is 0 Å². The summed E-state index contributed by atoms with van der Waals surface area (Å²) in [6, 6.07) is 14.6. The van der Waals surface area contributed by atoms with Gasteiger partial charge in [0.05, 0.1) is 5.69 Å². The Morgan fingerprint density at radius 3 is 2.46 bits per heavy atom. The van der Waals surface area contributed by atoms with E-state index in [0.29, 0.717) is 17.9 Å². The van der Waals surface area contributed by atoms with E-state index in [4.69, 9.17) is 9.47 Å². The molecule has 0 spiro atoms. The number of carbonyl (C=O) groups is 2. The van der Waals surface area contributed by atoms with Crippen molar-refractivity contribution < 1.29 is 19.1 Å². The second kappa shape index (κ2) is 9.38. The van der Waals surface area contributed by atoms with E-state index in [1.165, 1.54) is 6.92 Å². The molecule has 2 atom stereocenters. The number of carbonyl (C=O) groups excluding carboxylic acids is 2. The number of rotatable bonds is 7. The van der Waals surface area contributed by atoms with E-state index in [9.17, 15) is 9.59 Å². The van der Waals surface area contributed by atoms with Gasteiger partial charge in [0.25, 0.3) is 5.91 Å². The monoisotopic (exact) mass is 419 g/mol. The van der Waals surface area contributed by atoms with Crippen LogP contribution in [0.3, 0.4) is 0 Å². The number of hydrogen-bond donors (Lipinski definition) is 1. The number of ether oxygens (including phenoxy) is 2. The summed E-state index contributed by atoms with van der Waals surface area (Å²) in [5.74, 6) is -0.392. The first-order chi connectivity index (χ1) is 12.4. The zero-order valence-electron chi connectivity index (χ0n) is 15.0. The van der Waals surface area contributed by atoms with Gasteiger partial charge in [-0.3, -0.25) is 4.79 Å². The normalized spacial score (nSPS) is 12.8. The van der Waals surface area contributed by atoms with E-state index in [2.05, 4.69) is 21.2 Å². The summed E-state index contributed by atoms with van der Waals surface area (Å²) in [5, 5.41) is 2.75. The predicted molar refractivity (Wildman–Crippen MR) is 104 cm³/mol. The fourth-order valence-electron chi connectivity index (χ4n) is 2.22. The maximum Gasteiger partial charge on any atom is 0.348 e. The van der Waals surface area contributed by atoms with Crippen LogP contribution in [0.1, 0.15) is 25.8 Å². The molecule has 2 rings (SSSR count). The number of benzene rings is 2. The van der Waals surface area contributed by atoms with Gasteiger partial charge in [-0.05, 0) is 66.0 Å². The SMILES string of the molecule is CC[C@H](Oc1ccccc1)C(=O)O[C@H](C)C(=O)Nc1ccc(C)cc1Br. The smallest absolute Gasteiger partial charge is 0.348 e. The molecule has 26 heavy (non-hydrogen) atoms. The van der Waals surface area contributed by atoms with E-state index in [-0.39, 0.29) is 0 Å². The van der Waals surface area contributed by atoms with Gasteiger partial charge in [0.15, 0.2) is 12.2 Å². The summed E-state index contributed by atoms with van der Waals surface area (Å²) in [6.45, 7) is 5.31. The zero-order valence-corrected chi connectivity index (χ0v) is 16.6. The van der Waals surface area contributed by atoms with Crippen molar-refractivity contribution in [3.8, 4) is 5.75 Å². The largest absolute Gasteiger partial charge is 0.479 e. The molecule has 2 aromatic carbocycles. The molecule has 0 unspecified atom stereocenters. The van der Waals surface area contributed by atoms with Crippen molar-refractivity contribution in [1.82, 2.24) is 0 Å². The molecule has 0 aliphatic heterocycles. The molecule has 6 heteroatoms. The van der Waals surface area contributed by atoms with E-state index < -0.39 is 24.1 Å². The van der Waals surface area contributed by atoms with Gasteiger partial charge in [0.1, 0.15) is 5.75 Å². The third kappa shape index (κ3) is 5.59. The standard InChI is InChI=1S/C20H22BrNO4/c1-4-18(26-15-8-6-5-7-9-15)20(24)25-14(3)19(23)22-17-11-10-13(2)12-16(17)21/h5-12,14,18H,4H2,1-3H3,(H,22,23)/t14-,18+/m1/s1. The third-order valence-electron chi connectivity index (χ3n) is 3.70. The Kier molecular flexibility index (Phi) is 7.21. The lowest BCUT2D eigenvalue weighted by Gasteiger charge is -2.19. The molecule has 138 valence electrons. The minimum absolute atomic E-state index is 0.405. The molecule has 0 saturated carbocycles. The second-order valence-corrected chi connectivity index (χ2v) is 6.73. The molecule has 1 amide bonds. The Bertz CT molecular complexity index is 764. The summed E-state index contributed by atoms with van der Waals surface area (Å²) in [5.41, 5.74) is 1.69. The predicted octanol–water partition coefficient (Wildman–Crippen LogP) is 4.49. The number of halogens is 1. The molecule has 0 aromatic heterocycles. The quantitative estimate of drug-likeness (QED) is 0.671. The molecular weight excluding hydrogens is 398 g/mol.